The molecule has 1 aromatic rings. The zero-order chi connectivity index (χ0) is 16.2. The zero-order valence-corrected chi connectivity index (χ0v) is 14.6. The molecular formula is C20H30N2O. The Hall–Kier alpha value is -1.35. The lowest BCUT2D eigenvalue weighted by atomic mass is 9.92. The lowest BCUT2D eigenvalue weighted by molar-refractivity contribution is -0.132. The van der Waals surface area contributed by atoms with Crippen molar-refractivity contribution in [2.45, 2.75) is 58.4 Å². The van der Waals surface area contributed by atoms with Crippen LogP contribution in [0, 0.1) is 19.8 Å². The summed E-state index contributed by atoms with van der Waals surface area (Å²) < 4.78 is 0. The van der Waals surface area contributed by atoms with E-state index in [9.17, 15) is 4.79 Å². The quantitative estimate of drug-likeness (QED) is 0.918. The first-order chi connectivity index (χ1) is 11.2. The molecule has 3 nitrogen and oxygen atoms in total. The van der Waals surface area contributed by atoms with Crippen LogP contribution < -0.4 is 5.32 Å². The largest absolute Gasteiger partial charge is 0.336 e. The number of aryl methyl sites for hydroxylation is 1. The van der Waals surface area contributed by atoms with Crippen molar-refractivity contribution < 1.29 is 4.79 Å². The van der Waals surface area contributed by atoms with Crippen molar-refractivity contribution in [2.75, 3.05) is 19.6 Å². The van der Waals surface area contributed by atoms with Crippen molar-refractivity contribution in [2.24, 2.45) is 5.92 Å². The Morgan fingerprint density at radius 1 is 1.22 bits per heavy atom. The minimum Gasteiger partial charge on any atom is -0.336 e. The van der Waals surface area contributed by atoms with Crippen molar-refractivity contribution in [1.82, 2.24) is 10.2 Å². The highest BCUT2D eigenvalue weighted by molar-refractivity contribution is 5.77. The second kappa shape index (κ2) is 7.48. The normalized spacial score (nSPS) is 22.5. The molecule has 0 radical (unpaired) electrons. The molecule has 2 saturated heterocycles. The van der Waals surface area contributed by atoms with Gasteiger partial charge in [-0.1, -0.05) is 18.2 Å². The monoisotopic (exact) mass is 314 g/mol. The van der Waals surface area contributed by atoms with Crippen LogP contribution in [0.25, 0.3) is 0 Å². The minimum atomic E-state index is 0.301. The van der Waals surface area contributed by atoms with Crippen LogP contribution in [-0.2, 0) is 4.79 Å². The van der Waals surface area contributed by atoms with Crippen molar-refractivity contribution in [3.05, 3.63) is 34.9 Å². The van der Waals surface area contributed by atoms with E-state index in [2.05, 4.69) is 42.3 Å². The fourth-order valence-corrected chi connectivity index (χ4v) is 4.16. The van der Waals surface area contributed by atoms with Crippen LogP contribution in [0.1, 0.15) is 61.3 Å². The molecule has 0 aromatic heterocycles. The Kier molecular flexibility index (Phi) is 5.37. The standard InChI is InChI=1S/C20H30N2O/c1-15-5-3-6-18(16(15)2)19-7-4-14-22(19)20(23)9-8-17-10-12-21-13-11-17/h3,5-6,17,19,21H,4,7-14H2,1-2H3. The Balaban J connectivity index is 1.63. The smallest absolute Gasteiger partial charge is 0.223 e. The number of likely N-dealkylation sites (tertiary alicyclic amines) is 1. The molecule has 2 fully saturated rings. The highest BCUT2D eigenvalue weighted by Gasteiger charge is 2.31. The summed E-state index contributed by atoms with van der Waals surface area (Å²) in [7, 11) is 0. The van der Waals surface area contributed by atoms with E-state index in [4.69, 9.17) is 0 Å². The van der Waals surface area contributed by atoms with Gasteiger partial charge in [0.05, 0.1) is 6.04 Å². The van der Waals surface area contributed by atoms with Gasteiger partial charge in [-0.3, -0.25) is 4.79 Å². The van der Waals surface area contributed by atoms with Crippen LogP contribution in [-0.4, -0.2) is 30.4 Å². The number of carbonyl (C=O) groups excluding carboxylic acids is 1. The van der Waals surface area contributed by atoms with E-state index < -0.39 is 0 Å². The van der Waals surface area contributed by atoms with Crippen LogP contribution in [0.15, 0.2) is 18.2 Å². The van der Waals surface area contributed by atoms with Crippen molar-refractivity contribution in [1.29, 1.82) is 0 Å². The summed E-state index contributed by atoms with van der Waals surface area (Å²) in [4.78, 5) is 14.9. The van der Waals surface area contributed by atoms with E-state index in [-0.39, 0.29) is 0 Å². The van der Waals surface area contributed by atoms with E-state index in [1.165, 1.54) is 29.5 Å². The van der Waals surface area contributed by atoms with Gasteiger partial charge in [0.2, 0.25) is 5.91 Å². The Bertz CT molecular complexity index is 549. The number of nitrogens with zero attached hydrogens (tertiary/aromatic N) is 1. The molecule has 3 heteroatoms. The SMILES string of the molecule is Cc1cccc(C2CCCN2C(=O)CCC2CCNCC2)c1C. The van der Waals surface area contributed by atoms with Gasteiger partial charge in [-0.2, -0.15) is 0 Å². The van der Waals surface area contributed by atoms with Crippen LogP contribution in [0.5, 0.6) is 0 Å². The van der Waals surface area contributed by atoms with Crippen molar-refractivity contribution in [3.8, 4) is 0 Å². The van der Waals surface area contributed by atoms with E-state index in [0.29, 0.717) is 11.9 Å². The predicted molar refractivity (Wildman–Crippen MR) is 94.4 cm³/mol. The molecule has 0 saturated carbocycles. The van der Waals surface area contributed by atoms with Gasteiger partial charge in [-0.25, -0.2) is 0 Å². The summed E-state index contributed by atoms with van der Waals surface area (Å²) in [6.45, 7) is 7.53. The summed E-state index contributed by atoms with van der Waals surface area (Å²) in [5, 5.41) is 3.40. The molecule has 3 rings (SSSR count). The average Bonchev–Trinajstić information content (AvgIpc) is 3.05. The van der Waals surface area contributed by atoms with Gasteiger partial charge >= 0.3 is 0 Å². The molecule has 0 bridgehead atoms. The molecule has 2 heterocycles. The molecular weight excluding hydrogens is 284 g/mol. The van der Waals surface area contributed by atoms with E-state index >= 15 is 0 Å². The highest BCUT2D eigenvalue weighted by Crippen LogP contribution is 2.35. The number of hydrogen-bond acceptors (Lipinski definition) is 2. The van der Waals surface area contributed by atoms with Gasteiger partial charge in [0.15, 0.2) is 0 Å². The topological polar surface area (TPSA) is 32.3 Å². The molecule has 1 aromatic carbocycles. The molecule has 23 heavy (non-hydrogen) atoms. The summed E-state index contributed by atoms with van der Waals surface area (Å²) in [6.07, 6.45) is 6.50. The van der Waals surface area contributed by atoms with E-state index in [1.807, 2.05) is 0 Å². The van der Waals surface area contributed by atoms with Gasteiger partial charge in [0.25, 0.3) is 0 Å². The molecule has 1 atom stereocenters. The first kappa shape index (κ1) is 16.5. The maximum absolute atomic E-state index is 12.8. The Morgan fingerprint density at radius 2 is 2.00 bits per heavy atom. The fourth-order valence-electron chi connectivity index (χ4n) is 4.16. The first-order valence-electron chi connectivity index (χ1n) is 9.23. The van der Waals surface area contributed by atoms with Crippen LogP contribution in [0.2, 0.25) is 0 Å². The summed E-state index contributed by atoms with van der Waals surface area (Å²) >= 11 is 0. The van der Waals surface area contributed by atoms with Crippen molar-refractivity contribution >= 4 is 5.91 Å². The zero-order valence-electron chi connectivity index (χ0n) is 14.6. The molecule has 1 N–H and O–H groups in total. The molecule has 1 amide bonds. The Morgan fingerprint density at radius 3 is 2.78 bits per heavy atom. The number of nitrogens with one attached hydrogen (secondary N) is 1. The lowest BCUT2D eigenvalue weighted by Gasteiger charge is -2.28. The molecule has 0 spiro atoms. The number of amides is 1. The fraction of sp³-hybridized carbons (Fsp3) is 0.650. The van der Waals surface area contributed by atoms with Gasteiger partial charge < -0.3 is 10.2 Å². The molecule has 2 aliphatic heterocycles. The lowest BCUT2D eigenvalue weighted by Crippen LogP contribution is -2.32. The van der Waals surface area contributed by atoms with Gasteiger partial charge in [0, 0.05) is 13.0 Å². The van der Waals surface area contributed by atoms with Gasteiger partial charge in [-0.05, 0) is 81.6 Å². The summed E-state index contributed by atoms with van der Waals surface area (Å²) in [5.41, 5.74) is 4.05. The number of benzene rings is 1. The summed E-state index contributed by atoms with van der Waals surface area (Å²) in [5.74, 6) is 1.11. The third-order valence-corrected chi connectivity index (χ3v) is 5.80. The third-order valence-electron chi connectivity index (χ3n) is 5.80. The molecule has 126 valence electrons. The van der Waals surface area contributed by atoms with Gasteiger partial charge in [0.1, 0.15) is 0 Å². The van der Waals surface area contributed by atoms with E-state index in [0.717, 1.165) is 51.2 Å². The highest BCUT2D eigenvalue weighted by atomic mass is 16.2. The second-order valence-corrected chi connectivity index (χ2v) is 7.27. The maximum atomic E-state index is 12.8. The number of piperidine rings is 1. The van der Waals surface area contributed by atoms with Gasteiger partial charge in [-0.15, -0.1) is 0 Å². The summed E-state index contributed by atoms with van der Waals surface area (Å²) in [6, 6.07) is 6.81. The number of hydrogen-bond donors (Lipinski definition) is 1. The Labute approximate surface area is 140 Å². The van der Waals surface area contributed by atoms with Crippen LogP contribution >= 0.6 is 0 Å². The first-order valence-corrected chi connectivity index (χ1v) is 9.23. The maximum Gasteiger partial charge on any atom is 0.223 e. The van der Waals surface area contributed by atoms with E-state index in [1.54, 1.807) is 0 Å². The number of rotatable bonds is 4. The molecule has 0 aliphatic carbocycles. The molecule has 2 aliphatic rings. The third kappa shape index (κ3) is 3.77. The average molecular weight is 314 g/mol. The predicted octanol–water partition coefficient (Wildman–Crippen LogP) is 3.75. The van der Waals surface area contributed by atoms with Crippen LogP contribution in [0.4, 0.5) is 0 Å². The van der Waals surface area contributed by atoms with Crippen LogP contribution in [0.3, 0.4) is 0 Å². The number of carbonyl (C=O) groups is 1. The second-order valence-electron chi connectivity index (χ2n) is 7.27. The van der Waals surface area contributed by atoms with Crippen molar-refractivity contribution in [3.63, 3.8) is 0 Å². The minimum absolute atomic E-state index is 0.301. The molecule has 1 unspecified atom stereocenters.